The molecule has 20 heavy (non-hydrogen) atoms. The van der Waals surface area contributed by atoms with E-state index in [4.69, 9.17) is 13.6 Å². The predicted octanol–water partition coefficient (Wildman–Crippen LogP) is 5.25. The molecule has 0 atom stereocenters. The minimum absolute atomic E-state index is 0.560. The lowest BCUT2D eigenvalue weighted by Gasteiger charge is -2.23. The second-order valence-electron chi connectivity index (χ2n) is 6.85. The zero-order chi connectivity index (χ0) is 15.8. The van der Waals surface area contributed by atoms with Crippen LogP contribution in [0.2, 0.25) is 39.3 Å². The molecule has 0 amide bonds. The molecule has 0 aliphatic rings. The van der Waals surface area contributed by atoms with Gasteiger partial charge in [-0.1, -0.05) is 13.3 Å². The Labute approximate surface area is 127 Å². The number of hydrogen-bond donors (Lipinski definition) is 0. The average Bonchev–Trinajstić information content (AvgIpc) is 2.24. The van der Waals surface area contributed by atoms with Crippen molar-refractivity contribution in [1.29, 1.82) is 0 Å². The zero-order valence-electron chi connectivity index (χ0n) is 14.5. The van der Waals surface area contributed by atoms with Crippen LogP contribution in [0.4, 0.5) is 0 Å². The molecule has 118 valence electrons. The molecule has 0 spiro atoms. The summed E-state index contributed by atoms with van der Waals surface area (Å²) >= 11 is 0. The van der Waals surface area contributed by atoms with Crippen LogP contribution in [0.15, 0.2) is 23.9 Å². The lowest BCUT2D eigenvalue weighted by atomic mass is 10.2. The Kier molecular flexibility index (Phi) is 8.27. The van der Waals surface area contributed by atoms with Gasteiger partial charge in [0.15, 0.2) is 0 Å². The molecule has 0 aromatic heterocycles. The summed E-state index contributed by atoms with van der Waals surface area (Å²) < 4.78 is 17.4. The van der Waals surface area contributed by atoms with Gasteiger partial charge in [-0.2, -0.15) is 0 Å². The Bertz CT molecular complexity index is 336. The Hall–Kier alpha value is -0.686. The minimum atomic E-state index is -1.67. The second kappa shape index (κ2) is 8.57. The maximum absolute atomic E-state index is 6.11. The molecule has 0 radical (unpaired) electrons. The van der Waals surface area contributed by atoms with Crippen molar-refractivity contribution >= 4 is 16.6 Å². The third-order valence-electron chi connectivity index (χ3n) is 2.20. The van der Waals surface area contributed by atoms with Gasteiger partial charge in [-0.3, -0.25) is 0 Å². The summed E-state index contributed by atoms with van der Waals surface area (Å²) in [6, 6.07) is 0. The molecule has 0 fully saturated rings. The summed E-state index contributed by atoms with van der Waals surface area (Å²) in [7, 11) is -1.66. The van der Waals surface area contributed by atoms with E-state index in [-0.39, 0.29) is 0 Å². The van der Waals surface area contributed by atoms with Crippen LogP contribution in [0.1, 0.15) is 26.2 Å². The third-order valence-corrected chi connectivity index (χ3v) is 3.86. The first-order chi connectivity index (χ1) is 9.07. The smallest absolute Gasteiger partial charge is 0.268 e. The van der Waals surface area contributed by atoms with Gasteiger partial charge in [0, 0.05) is 0 Å². The van der Waals surface area contributed by atoms with Crippen molar-refractivity contribution in [3.8, 4) is 0 Å². The quantitative estimate of drug-likeness (QED) is 0.251. The van der Waals surface area contributed by atoms with Gasteiger partial charge in [0.25, 0.3) is 5.95 Å². The average molecular weight is 317 g/mol. The molecule has 0 aromatic rings. The highest BCUT2D eigenvalue weighted by molar-refractivity contribution is 6.70. The van der Waals surface area contributed by atoms with Crippen LogP contribution in [0.25, 0.3) is 0 Å². The first kappa shape index (κ1) is 19.3. The van der Waals surface area contributed by atoms with E-state index in [9.17, 15) is 0 Å². The van der Waals surface area contributed by atoms with E-state index in [1.54, 1.807) is 7.11 Å². The zero-order valence-corrected chi connectivity index (χ0v) is 16.5. The van der Waals surface area contributed by atoms with E-state index in [2.05, 4.69) is 52.3 Å². The highest BCUT2D eigenvalue weighted by Crippen LogP contribution is 2.18. The molecule has 0 N–H and O–H groups in total. The van der Waals surface area contributed by atoms with Gasteiger partial charge in [0.1, 0.15) is 5.76 Å². The van der Waals surface area contributed by atoms with Gasteiger partial charge >= 0.3 is 0 Å². The van der Waals surface area contributed by atoms with Crippen molar-refractivity contribution in [2.24, 2.45) is 0 Å². The topological polar surface area (TPSA) is 27.7 Å². The third kappa shape index (κ3) is 11.2. The van der Waals surface area contributed by atoms with Gasteiger partial charge < -0.3 is 13.6 Å². The fourth-order valence-corrected chi connectivity index (χ4v) is 3.08. The Morgan fingerprint density at radius 1 is 0.950 bits per heavy atom. The molecular weight excluding hydrogens is 284 g/mol. The fraction of sp³-hybridized carbons (Fsp3) is 0.733. The molecule has 5 heteroatoms. The highest BCUT2D eigenvalue weighted by atomic mass is 28.4. The van der Waals surface area contributed by atoms with E-state index in [0.29, 0.717) is 5.95 Å². The van der Waals surface area contributed by atoms with Crippen LogP contribution in [0, 0.1) is 0 Å². The highest BCUT2D eigenvalue weighted by Gasteiger charge is 2.20. The molecule has 0 unspecified atom stereocenters. The molecule has 0 rings (SSSR count). The van der Waals surface area contributed by atoms with Gasteiger partial charge in [-0.15, -0.1) is 0 Å². The molecule has 0 aliphatic carbocycles. The molecular formula is C15H32O3Si2. The van der Waals surface area contributed by atoms with E-state index in [1.165, 1.54) is 12.8 Å². The molecule has 0 saturated heterocycles. The van der Waals surface area contributed by atoms with E-state index in [1.807, 2.05) is 6.08 Å². The largest absolute Gasteiger partial charge is 0.544 e. The van der Waals surface area contributed by atoms with Crippen LogP contribution in [0.5, 0.6) is 0 Å². The van der Waals surface area contributed by atoms with Crippen molar-refractivity contribution in [1.82, 2.24) is 0 Å². The Morgan fingerprint density at radius 3 is 1.90 bits per heavy atom. The Balaban J connectivity index is 5.03. The van der Waals surface area contributed by atoms with Crippen LogP contribution in [0.3, 0.4) is 0 Å². The first-order valence-electron chi connectivity index (χ1n) is 7.41. The van der Waals surface area contributed by atoms with Crippen molar-refractivity contribution in [2.45, 2.75) is 65.5 Å². The maximum Gasteiger partial charge on any atom is 0.268 e. The molecule has 3 nitrogen and oxygen atoms in total. The molecule has 0 saturated carbocycles. The molecule has 0 aromatic carbocycles. The summed E-state index contributed by atoms with van der Waals surface area (Å²) in [4.78, 5) is 0. The normalized spacial score (nSPS) is 14.2. The van der Waals surface area contributed by atoms with Crippen LogP contribution >= 0.6 is 0 Å². The molecule has 0 heterocycles. The lowest BCUT2D eigenvalue weighted by molar-refractivity contribution is 0.145. The van der Waals surface area contributed by atoms with Crippen LogP contribution in [-0.2, 0) is 13.6 Å². The van der Waals surface area contributed by atoms with E-state index < -0.39 is 16.6 Å². The summed E-state index contributed by atoms with van der Waals surface area (Å²) in [6.45, 7) is 15.2. The number of hydrogen-bond acceptors (Lipinski definition) is 3. The number of allylic oxidation sites excluding steroid dienone is 2. The van der Waals surface area contributed by atoms with Gasteiger partial charge in [-0.25, -0.2) is 0 Å². The summed E-state index contributed by atoms with van der Waals surface area (Å²) in [5, 5.41) is 0. The van der Waals surface area contributed by atoms with Crippen molar-refractivity contribution in [2.75, 3.05) is 7.11 Å². The maximum atomic E-state index is 6.11. The second-order valence-corrected chi connectivity index (χ2v) is 15.7. The minimum Gasteiger partial charge on any atom is -0.544 e. The van der Waals surface area contributed by atoms with Crippen LogP contribution in [-0.4, -0.2) is 23.7 Å². The fourth-order valence-electron chi connectivity index (χ4n) is 1.48. The monoisotopic (exact) mass is 316 g/mol. The number of unbranched alkanes of at least 4 members (excludes halogenated alkanes) is 2. The lowest BCUT2D eigenvalue weighted by Crippen LogP contribution is -2.26. The molecule has 0 bridgehead atoms. The number of methoxy groups -OCH3 is 1. The summed E-state index contributed by atoms with van der Waals surface area (Å²) in [5.41, 5.74) is 0. The SMILES string of the molecule is CCCC/C=C(/C=C(\OC)O[Si](C)(C)C)O[Si](C)(C)C. The summed E-state index contributed by atoms with van der Waals surface area (Å²) in [5.74, 6) is 1.44. The van der Waals surface area contributed by atoms with E-state index in [0.717, 1.165) is 12.2 Å². The van der Waals surface area contributed by atoms with Gasteiger partial charge in [-0.05, 0) is 58.2 Å². The van der Waals surface area contributed by atoms with Crippen molar-refractivity contribution in [3.63, 3.8) is 0 Å². The molecule has 0 aliphatic heterocycles. The number of ether oxygens (including phenoxy) is 1. The first-order valence-corrected chi connectivity index (χ1v) is 14.2. The van der Waals surface area contributed by atoms with Crippen molar-refractivity contribution < 1.29 is 13.6 Å². The van der Waals surface area contributed by atoms with Gasteiger partial charge in [0.05, 0.1) is 13.2 Å². The Morgan fingerprint density at radius 2 is 1.50 bits per heavy atom. The van der Waals surface area contributed by atoms with Crippen LogP contribution < -0.4 is 0 Å². The summed E-state index contributed by atoms with van der Waals surface area (Å²) in [6.07, 6.45) is 7.42. The van der Waals surface area contributed by atoms with Gasteiger partial charge in [0.2, 0.25) is 16.6 Å². The number of rotatable bonds is 9. The predicted molar refractivity (Wildman–Crippen MR) is 91.6 cm³/mol. The van der Waals surface area contributed by atoms with Crippen molar-refractivity contribution in [3.05, 3.63) is 23.9 Å². The standard InChI is InChI=1S/C15H32O3Si2/c1-9-10-11-12-14(17-19(3,4)5)13-15(16-2)18-20(6,7)8/h12-13H,9-11H2,1-8H3/b14-12-,15-13+. The van der Waals surface area contributed by atoms with E-state index >= 15 is 0 Å².